The summed E-state index contributed by atoms with van der Waals surface area (Å²) in [5, 5.41) is 11.3. The number of rotatable bonds is 3. The predicted octanol–water partition coefficient (Wildman–Crippen LogP) is 2.93. The van der Waals surface area contributed by atoms with Crippen LogP contribution in [0.1, 0.15) is 21.5 Å². The molecule has 3 heterocycles. The number of hydrogen-bond donors (Lipinski definition) is 2. The average Bonchev–Trinajstić information content (AvgIpc) is 3.19. The Morgan fingerprint density at radius 3 is 2.90 bits per heavy atom. The second-order valence-corrected chi connectivity index (χ2v) is 7.23. The zero-order valence-electron chi connectivity index (χ0n) is 16.0. The first kappa shape index (κ1) is 17.5. The molecule has 1 aliphatic rings. The minimum absolute atomic E-state index is 0.207. The molecule has 144 valence electrons. The third-order valence-corrected chi connectivity index (χ3v) is 5.20. The van der Waals surface area contributed by atoms with Gasteiger partial charge in [-0.15, -0.1) is 0 Å². The average molecular weight is 384 g/mol. The summed E-state index contributed by atoms with van der Waals surface area (Å²) in [7, 11) is 1.89. The first-order valence-electron chi connectivity index (χ1n) is 9.55. The molecule has 1 aliphatic heterocycles. The largest absolute Gasteiger partial charge is 0.312 e. The van der Waals surface area contributed by atoms with Crippen LogP contribution in [0.3, 0.4) is 0 Å². The molecule has 0 fully saturated rings. The summed E-state index contributed by atoms with van der Waals surface area (Å²) in [5.74, 6) is 0.0859. The molecule has 0 unspecified atom stereocenters. The lowest BCUT2D eigenvalue weighted by atomic mass is 9.98. The van der Waals surface area contributed by atoms with Crippen molar-refractivity contribution in [3.63, 3.8) is 0 Å². The molecule has 0 saturated carbocycles. The maximum absolute atomic E-state index is 12.7. The molecule has 0 saturated heterocycles. The Labute approximate surface area is 167 Å². The minimum atomic E-state index is -0.207. The second kappa shape index (κ2) is 7.10. The van der Waals surface area contributed by atoms with Gasteiger partial charge in [-0.2, -0.15) is 5.10 Å². The summed E-state index contributed by atoms with van der Waals surface area (Å²) in [6, 6.07) is 11.8. The van der Waals surface area contributed by atoms with Crippen LogP contribution in [-0.4, -0.2) is 32.2 Å². The van der Waals surface area contributed by atoms with Gasteiger partial charge in [-0.25, -0.2) is 9.97 Å². The Balaban J connectivity index is 1.42. The number of carbonyl (C=O) groups is 1. The van der Waals surface area contributed by atoms with Crippen molar-refractivity contribution in [3.8, 4) is 11.1 Å². The van der Waals surface area contributed by atoms with Crippen LogP contribution in [0.25, 0.3) is 22.0 Å². The van der Waals surface area contributed by atoms with Crippen LogP contribution in [0.4, 0.5) is 5.95 Å². The summed E-state index contributed by atoms with van der Waals surface area (Å²) in [4.78, 5) is 21.5. The van der Waals surface area contributed by atoms with Crippen LogP contribution in [-0.2, 0) is 20.0 Å². The molecule has 0 spiro atoms. The molecule has 0 bridgehead atoms. The van der Waals surface area contributed by atoms with Crippen molar-refractivity contribution in [1.82, 2.24) is 25.1 Å². The van der Waals surface area contributed by atoms with Gasteiger partial charge in [-0.1, -0.05) is 18.2 Å². The molecule has 7 heteroatoms. The van der Waals surface area contributed by atoms with Gasteiger partial charge in [0, 0.05) is 42.5 Å². The molecule has 29 heavy (non-hydrogen) atoms. The number of hydrogen-bond acceptors (Lipinski definition) is 5. The molecular weight excluding hydrogens is 364 g/mol. The number of aromatic nitrogens is 4. The maximum Gasteiger partial charge on any atom is 0.258 e. The van der Waals surface area contributed by atoms with Crippen molar-refractivity contribution >= 4 is 22.8 Å². The second-order valence-electron chi connectivity index (χ2n) is 7.23. The minimum Gasteiger partial charge on any atom is -0.312 e. The Bertz CT molecular complexity index is 1230. The number of fused-ring (bicyclic) bond motifs is 2. The maximum atomic E-state index is 12.7. The summed E-state index contributed by atoms with van der Waals surface area (Å²) in [5.41, 5.74) is 5.88. The van der Waals surface area contributed by atoms with Crippen LogP contribution >= 0.6 is 0 Å². The van der Waals surface area contributed by atoms with E-state index in [4.69, 9.17) is 0 Å². The van der Waals surface area contributed by atoms with Crippen molar-refractivity contribution in [1.29, 1.82) is 0 Å². The smallest absolute Gasteiger partial charge is 0.258 e. The van der Waals surface area contributed by atoms with Crippen LogP contribution in [0, 0.1) is 0 Å². The van der Waals surface area contributed by atoms with Crippen molar-refractivity contribution < 1.29 is 4.79 Å². The van der Waals surface area contributed by atoms with E-state index in [2.05, 4.69) is 25.7 Å². The van der Waals surface area contributed by atoms with Crippen molar-refractivity contribution in [2.75, 3.05) is 11.9 Å². The summed E-state index contributed by atoms with van der Waals surface area (Å²) >= 11 is 0. The van der Waals surface area contributed by atoms with E-state index < -0.39 is 0 Å². The summed E-state index contributed by atoms with van der Waals surface area (Å²) in [6.07, 6.45) is 6.48. The molecule has 7 nitrogen and oxygen atoms in total. The van der Waals surface area contributed by atoms with Crippen molar-refractivity contribution in [2.24, 2.45) is 7.05 Å². The van der Waals surface area contributed by atoms with Crippen molar-refractivity contribution in [3.05, 3.63) is 71.7 Å². The molecule has 0 atom stereocenters. The predicted molar refractivity (Wildman–Crippen MR) is 112 cm³/mol. The first-order valence-corrected chi connectivity index (χ1v) is 9.55. The molecule has 2 N–H and O–H groups in total. The van der Waals surface area contributed by atoms with Gasteiger partial charge in [-0.3, -0.25) is 14.8 Å². The Kier molecular flexibility index (Phi) is 4.29. The molecule has 0 aliphatic carbocycles. The van der Waals surface area contributed by atoms with Gasteiger partial charge in [0.1, 0.15) is 0 Å². The van der Waals surface area contributed by atoms with E-state index in [-0.39, 0.29) is 5.91 Å². The van der Waals surface area contributed by atoms with Crippen molar-refractivity contribution in [2.45, 2.75) is 13.0 Å². The number of benzene rings is 2. The number of aryl methyl sites for hydroxylation is 1. The van der Waals surface area contributed by atoms with Gasteiger partial charge in [0.15, 0.2) is 0 Å². The normalized spacial score (nSPS) is 13.3. The van der Waals surface area contributed by atoms with Crippen LogP contribution < -0.4 is 10.6 Å². The highest BCUT2D eigenvalue weighted by Crippen LogP contribution is 2.23. The number of amides is 1. The fraction of sp³-hybridized carbons (Fsp3) is 0.182. The van der Waals surface area contributed by atoms with E-state index in [1.807, 2.05) is 55.8 Å². The quantitative estimate of drug-likeness (QED) is 0.567. The van der Waals surface area contributed by atoms with Gasteiger partial charge < -0.3 is 5.32 Å². The Morgan fingerprint density at radius 1 is 1.10 bits per heavy atom. The standard InChI is InChI=1S/C22H20N6O/c1-28-13-19(12-25-28)15-3-5-17-11-24-22(26-20(17)9-15)27-21(29)16-4-2-14-6-7-23-10-18(14)8-16/h2-5,8-9,11-13,23H,6-7,10H2,1H3,(H,24,26,27,29). The van der Waals surface area contributed by atoms with E-state index in [1.165, 1.54) is 11.1 Å². The number of anilines is 1. The highest BCUT2D eigenvalue weighted by atomic mass is 16.1. The molecule has 1 amide bonds. The van der Waals surface area contributed by atoms with Gasteiger partial charge in [0.2, 0.25) is 5.95 Å². The zero-order chi connectivity index (χ0) is 19.8. The van der Waals surface area contributed by atoms with Gasteiger partial charge in [-0.05, 0) is 47.9 Å². The molecule has 5 rings (SSSR count). The molecule has 2 aromatic carbocycles. The van der Waals surface area contributed by atoms with E-state index in [9.17, 15) is 4.79 Å². The highest BCUT2D eigenvalue weighted by molar-refractivity contribution is 6.03. The Hall–Kier alpha value is -3.58. The number of carbonyl (C=O) groups excluding carboxylic acids is 1. The van der Waals surface area contributed by atoms with Gasteiger partial charge >= 0.3 is 0 Å². The summed E-state index contributed by atoms with van der Waals surface area (Å²) < 4.78 is 1.76. The third kappa shape index (κ3) is 3.48. The van der Waals surface area contributed by atoms with E-state index in [0.29, 0.717) is 11.5 Å². The molecule has 2 aromatic heterocycles. The number of nitrogens with one attached hydrogen (secondary N) is 2. The first-order chi connectivity index (χ1) is 14.2. The lowest BCUT2D eigenvalue weighted by Crippen LogP contribution is -2.24. The fourth-order valence-electron chi connectivity index (χ4n) is 3.63. The molecule has 4 aromatic rings. The number of nitrogens with zero attached hydrogens (tertiary/aromatic N) is 4. The van der Waals surface area contributed by atoms with Crippen LogP contribution in [0.5, 0.6) is 0 Å². The van der Waals surface area contributed by atoms with E-state index in [1.54, 1.807) is 10.9 Å². The SMILES string of the molecule is Cn1cc(-c2ccc3cnc(NC(=O)c4ccc5c(c4)CNCC5)nc3c2)cn1. The van der Waals surface area contributed by atoms with Gasteiger partial charge in [0.05, 0.1) is 11.7 Å². The zero-order valence-corrected chi connectivity index (χ0v) is 16.0. The Morgan fingerprint density at radius 2 is 2.03 bits per heavy atom. The van der Waals surface area contributed by atoms with Crippen LogP contribution in [0.2, 0.25) is 0 Å². The topological polar surface area (TPSA) is 84.7 Å². The third-order valence-electron chi connectivity index (χ3n) is 5.20. The monoisotopic (exact) mass is 384 g/mol. The van der Waals surface area contributed by atoms with Gasteiger partial charge in [0.25, 0.3) is 5.91 Å². The molecule has 0 radical (unpaired) electrons. The fourth-order valence-corrected chi connectivity index (χ4v) is 3.63. The van der Waals surface area contributed by atoms with Crippen LogP contribution in [0.15, 0.2) is 55.0 Å². The summed E-state index contributed by atoms with van der Waals surface area (Å²) in [6.45, 7) is 1.77. The molecular formula is C22H20N6O. The lowest BCUT2D eigenvalue weighted by Gasteiger charge is -2.17. The van der Waals surface area contributed by atoms with E-state index >= 15 is 0 Å². The highest BCUT2D eigenvalue weighted by Gasteiger charge is 2.14. The van der Waals surface area contributed by atoms with E-state index in [0.717, 1.165) is 41.5 Å². The lowest BCUT2D eigenvalue weighted by molar-refractivity contribution is 0.102.